The highest BCUT2D eigenvalue weighted by Gasteiger charge is 2.69. The molecule has 1 aliphatic carbocycles. The number of ether oxygens (including phenoxy) is 2. The van der Waals surface area contributed by atoms with Crippen molar-refractivity contribution in [3.8, 4) is 0 Å². The molecule has 0 unspecified atom stereocenters. The van der Waals surface area contributed by atoms with Gasteiger partial charge in [0.1, 0.15) is 0 Å². The number of hydrogen-bond donors (Lipinski definition) is 0. The summed E-state index contributed by atoms with van der Waals surface area (Å²) in [6.07, 6.45) is 9.42. The fourth-order valence-corrected chi connectivity index (χ4v) is 4.77. The molecule has 0 aromatic heterocycles. The van der Waals surface area contributed by atoms with Gasteiger partial charge < -0.3 is 9.47 Å². The van der Waals surface area contributed by atoms with Gasteiger partial charge >= 0.3 is 5.97 Å². The molecular formula is C18H30O3. The van der Waals surface area contributed by atoms with Crippen LogP contribution in [-0.4, -0.2) is 24.3 Å². The van der Waals surface area contributed by atoms with Crippen molar-refractivity contribution in [2.24, 2.45) is 17.3 Å². The lowest BCUT2D eigenvalue weighted by atomic mass is 9.56. The molecule has 2 bridgehead atoms. The van der Waals surface area contributed by atoms with E-state index in [2.05, 4.69) is 20.8 Å². The Kier molecular flexibility index (Phi) is 4.06. The average molecular weight is 294 g/mol. The van der Waals surface area contributed by atoms with Crippen LogP contribution in [0.25, 0.3) is 0 Å². The Morgan fingerprint density at radius 3 is 2.38 bits per heavy atom. The number of rotatable bonds is 1. The van der Waals surface area contributed by atoms with Crippen LogP contribution in [0, 0.1) is 17.3 Å². The van der Waals surface area contributed by atoms with Gasteiger partial charge in [-0.15, -0.1) is 0 Å². The summed E-state index contributed by atoms with van der Waals surface area (Å²) in [6, 6.07) is 0. The largest absolute Gasteiger partial charge is 0.464 e. The van der Waals surface area contributed by atoms with Gasteiger partial charge in [-0.3, -0.25) is 0 Å². The molecule has 0 radical (unpaired) electrons. The van der Waals surface area contributed by atoms with E-state index in [1.807, 2.05) is 0 Å². The first-order valence-corrected chi connectivity index (χ1v) is 8.83. The van der Waals surface area contributed by atoms with Crippen LogP contribution in [0.2, 0.25) is 0 Å². The van der Waals surface area contributed by atoms with Crippen LogP contribution in [0.3, 0.4) is 0 Å². The van der Waals surface area contributed by atoms with Gasteiger partial charge in [0.15, 0.2) is 5.60 Å². The van der Waals surface area contributed by atoms with Crippen molar-refractivity contribution in [3.63, 3.8) is 0 Å². The molecule has 4 fully saturated rings. The lowest BCUT2D eigenvalue weighted by Gasteiger charge is -2.63. The van der Waals surface area contributed by atoms with Gasteiger partial charge in [0.2, 0.25) is 0 Å². The molecule has 0 amide bonds. The third kappa shape index (κ3) is 2.32. The normalized spacial score (nSPS) is 41.0. The van der Waals surface area contributed by atoms with Crippen molar-refractivity contribution in [2.75, 3.05) is 6.61 Å². The highest BCUT2D eigenvalue weighted by molar-refractivity contribution is 5.83. The van der Waals surface area contributed by atoms with E-state index in [9.17, 15) is 4.79 Å². The number of esters is 1. The van der Waals surface area contributed by atoms with Crippen LogP contribution < -0.4 is 0 Å². The zero-order chi connectivity index (χ0) is 15.1. The molecule has 3 aliphatic heterocycles. The molecule has 3 atom stereocenters. The Hall–Kier alpha value is -0.570. The van der Waals surface area contributed by atoms with Crippen LogP contribution >= 0.6 is 0 Å². The van der Waals surface area contributed by atoms with Crippen molar-refractivity contribution >= 4 is 5.97 Å². The van der Waals surface area contributed by atoms with E-state index in [4.69, 9.17) is 9.47 Å². The summed E-state index contributed by atoms with van der Waals surface area (Å²) < 4.78 is 12.0. The summed E-state index contributed by atoms with van der Waals surface area (Å²) in [5.41, 5.74) is -0.762. The zero-order valence-electron chi connectivity index (χ0n) is 13.8. The molecule has 0 N–H and O–H groups in total. The SMILES string of the molecule is C[C@H]1CCOC(=O)[C@@]2(C3CCCCC3)O[C@H](CC1)C2(C)C. The summed E-state index contributed by atoms with van der Waals surface area (Å²) in [5, 5.41) is 0. The monoisotopic (exact) mass is 294 g/mol. The molecule has 120 valence electrons. The summed E-state index contributed by atoms with van der Waals surface area (Å²) >= 11 is 0. The first-order valence-electron chi connectivity index (χ1n) is 8.83. The number of fused-ring (bicyclic) bond motifs is 6. The average Bonchev–Trinajstić information content (AvgIpc) is 2.47. The van der Waals surface area contributed by atoms with Gasteiger partial charge in [0.05, 0.1) is 12.7 Å². The molecule has 3 saturated heterocycles. The van der Waals surface area contributed by atoms with E-state index < -0.39 is 5.60 Å². The summed E-state index contributed by atoms with van der Waals surface area (Å²) in [7, 11) is 0. The van der Waals surface area contributed by atoms with Crippen LogP contribution in [0.1, 0.15) is 72.1 Å². The highest BCUT2D eigenvalue weighted by atomic mass is 16.6. The maximum Gasteiger partial charge on any atom is 0.339 e. The highest BCUT2D eigenvalue weighted by Crippen LogP contribution is 2.59. The quantitative estimate of drug-likeness (QED) is 0.683. The first kappa shape index (κ1) is 15.3. The summed E-state index contributed by atoms with van der Waals surface area (Å²) in [4.78, 5) is 12.9. The minimum Gasteiger partial charge on any atom is -0.464 e. The molecule has 3 nitrogen and oxygen atoms in total. The first-order chi connectivity index (χ1) is 9.98. The molecular weight excluding hydrogens is 264 g/mol. The van der Waals surface area contributed by atoms with Gasteiger partial charge in [0, 0.05) is 5.41 Å². The number of hydrogen-bond acceptors (Lipinski definition) is 3. The summed E-state index contributed by atoms with van der Waals surface area (Å²) in [6.45, 7) is 7.25. The fraction of sp³-hybridized carbons (Fsp3) is 0.944. The van der Waals surface area contributed by atoms with Crippen molar-refractivity contribution in [1.82, 2.24) is 0 Å². The molecule has 0 spiro atoms. The molecule has 21 heavy (non-hydrogen) atoms. The lowest BCUT2D eigenvalue weighted by Crippen LogP contribution is -2.74. The van der Waals surface area contributed by atoms with Gasteiger partial charge in [-0.1, -0.05) is 40.0 Å². The minimum atomic E-state index is -0.668. The maximum atomic E-state index is 12.9. The topological polar surface area (TPSA) is 35.5 Å². The predicted molar refractivity (Wildman–Crippen MR) is 81.9 cm³/mol. The Bertz CT molecular complexity index is 397. The maximum absolute atomic E-state index is 12.9. The van der Waals surface area contributed by atoms with E-state index in [1.165, 1.54) is 25.7 Å². The molecule has 3 heteroatoms. The third-order valence-corrected chi connectivity index (χ3v) is 6.34. The Labute approximate surface area is 128 Å². The van der Waals surface area contributed by atoms with Crippen molar-refractivity contribution in [2.45, 2.75) is 83.8 Å². The molecule has 1 saturated carbocycles. The Morgan fingerprint density at radius 1 is 1.00 bits per heavy atom. The van der Waals surface area contributed by atoms with Crippen LogP contribution in [0.4, 0.5) is 0 Å². The number of carbonyl (C=O) groups excluding carboxylic acids is 1. The molecule has 0 aromatic rings. The van der Waals surface area contributed by atoms with Gasteiger partial charge in [-0.2, -0.15) is 0 Å². The fourth-order valence-electron chi connectivity index (χ4n) is 4.77. The Morgan fingerprint density at radius 2 is 1.71 bits per heavy atom. The van der Waals surface area contributed by atoms with Crippen LogP contribution in [-0.2, 0) is 14.3 Å². The molecule has 3 heterocycles. The van der Waals surface area contributed by atoms with Crippen molar-refractivity contribution < 1.29 is 14.3 Å². The second kappa shape index (κ2) is 5.57. The van der Waals surface area contributed by atoms with Gasteiger partial charge in [0.25, 0.3) is 0 Å². The van der Waals surface area contributed by atoms with Gasteiger partial charge in [-0.25, -0.2) is 4.79 Å². The lowest BCUT2D eigenvalue weighted by molar-refractivity contribution is -0.327. The second-order valence-corrected chi connectivity index (χ2v) is 8.01. The predicted octanol–water partition coefficient (Wildman–Crippen LogP) is 4.09. The summed E-state index contributed by atoms with van der Waals surface area (Å²) in [5.74, 6) is 0.881. The molecule has 4 aliphatic rings. The van der Waals surface area contributed by atoms with E-state index in [0.29, 0.717) is 18.4 Å². The van der Waals surface area contributed by atoms with Gasteiger partial charge in [-0.05, 0) is 43.9 Å². The van der Waals surface area contributed by atoms with Crippen LogP contribution in [0.5, 0.6) is 0 Å². The standard InChI is InChI=1S/C18H30O3/c1-13-9-10-15-17(2,3)18(21-15,16(19)20-12-11-13)14-7-5-4-6-8-14/h13-15H,4-12H2,1-3H3/t13-,15-,18-/m1/s1. The van der Waals surface area contributed by atoms with Crippen molar-refractivity contribution in [1.29, 1.82) is 0 Å². The second-order valence-electron chi connectivity index (χ2n) is 8.01. The van der Waals surface area contributed by atoms with Crippen LogP contribution in [0.15, 0.2) is 0 Å². The van der Waals surface area contributed by atoms with E-state index >= 15 is 0 Å². The smallest absolute Gasteiger partial charge is 0.339 e. The van der Waals surface area contributed by atoms with E-state index in [-0.39, 0.29) is 17.5 Å². The Balaban J connectivity index is 1.87. The van der Waals surface area contributed by atoms with E-state index in [0.717, 1.165) is 25.7 Å². The van der Waals surface area contributed by atoms with E-state index in [1.54, 1.807) is 0 Å². The molecule has 4 rings (SSSR count). The minimum absolute atomic E-state index is 0.0789. The third-order valence-electron chi connectivity index (χ3n) is 6.34. The number of carbonyl (C=O) groups is 1. The van der Waals surface area contributed by atoms with Crippen molar-refractivity contribution in [3.05, 3.63) is 0 Å². The zero-order valence-corrected chi connectivity index (χ0v) is 13.8. The molecule has 0 aromatic carbocycles.